The highest BCUT2D eigenvalue weighted by atomic mass is 79.9. The van der Waals surface area contributed by atoms with Crippen LogP contribution in [0.5, 0.6) is 5.88 Å². The lowest BCUT2D eigenvalue weighted by atomic mass is 10.3. The Morgan fingerprint density at radius 1 is 1.28 bits per heavy atom. The smallest absolute Gasteiger partial charge is 0.332 e. The van der Waals surface area contributed by atoms with Gasteiger partial charge in [-0.3, -0.25) is 18.7 Å². The van der Waals surface area contributed by atoms with E-state index in [0.29, 0.717) is 25.4 Å². The molecule has 0 saturated carbocycles. The normalized spacial score (nSPS) is 16.5. The van der Waals surface area contributed by atoms with Crippen LogP contribution in [0.4, 0.5) is 0 Å². The average Bonchev–Trinajstić information content (AvgIpc) is 3.34. The maximum Gasteiger partial charge on any atom is 0.332 e. The highest BCUT2D eigenvalue weighted by Crippen LogP contribution is 2.24. The van der Waals surface area contributed by atoms with E-state index in [1.807, 2.05) is 6.07 Å². The number of fused-ring (bicyclic) bond motifs is 1. The molecule has 1 aliphatic rings. The molecule has 1 amide bonds. The highest BCUT2D eigenvalue weighted by Gasteiger charge is 2.29. The molecule has 1 unspecified atom stereocenters. The largest absolute Gasteiger partial charge is 0.472 e. The number of aromatic nitrogens is 5. The molecule has 1 atom stereocenters. The van der Waals surface area contributed by atoms with Crippen LogP contribution in [-0.4, -0.2) is 53.7 Å². The Kier molecular flexibility index (Phi) is 4.99. The van der Waals surface area contributed by atoms with Crippen molar-refractivity contribution in [2.45, 2.75) is 19.1 Å². The third-order valence-electron chi connectivity index (χ3n) is 5.02. The Hall–Kier alpha value is -2.95. The molecule has 0 spiro atoms. The van der Waals surface area contributed by atoms with Crippen molar-refractivity contribution in [2.24, 2.45) is 14.1 Å². The highest BCUT2D eigenvalue weighted by molar-refractivity contribution is 9.10. The standard InChI is InChI=1S/C18H19BrN6O4/c1-22-15-14(17(27)23(2)18(22)28)25(10-21-15)9-13(26)24-7-5-11(8-24)29-16-12(19)4-3-6-20-16/h3-4,6,10-11H,5,7-9H2,1-2H3. The first-order valence-corrected chi connectivity index (χ1v) is 9.82. The van der Waals surface area contributed by atoms with Crippen molar-refractivity contribution in [1.29, 1.82) is 0 Å². The molecule has 152 valence electrons. The fourth-order valence-corrected chi connectivity index (χ4v) is 3.78. The SMILES string of the molecule is Cn1c(=O)c2c(ncn2CC(=O)N2CCC(Oc3ncccc3Br)C2)n(C)c1=O. The van der Waals surface area contributed by atoms with Crippen LogP contribution in [0, 0.1) is 0 Å². The van der Waals surface area contributed by atoms with Crippen molar-refractivity contribution in [3.05, 3.63) is 50.0 Å². The van der Waals surface area contributed by atoms with E-state index in [-0.39, 0.29) is 29.7 Å². The van der Waals surface area contributed by atoms with Crippen molar-refractivity contribution in [3.63, 3.8) is 0 Å². The molecule has 4 heterocycles. The molecule has 0 aliphatic carbocycles. The van der Waals surface area contributed by atoms with Gasteiger partial charge < -0.3 is 14.2 Å². The van der Waals surface area contributed by atoms with E-state index in [0.717, 1.165) is 9.04 Å². The van der Waals surface area contributed by atoms with Crippen LogP contribution >= 0.6 is 15.9 Å². The Bertz CT molecular complexity index is 1210. The number of halogens is 1. The summed E-state index contributed by atoms with van der Waals surface area (Å²) in [5, 5.41) is 0. The van der Waals surface area contributed by atoms with Crippen molar-refractivity contribution >= 4 is 33.0 Å². The molecule has 10 nitrogen and oxygen atoms in total. The number of likely N-dealkylation sites (tertiary alicyclic amines) is 1. The van der Waals surface area contributed by atoms with Gasteiger partial charge in [0, 0.05) is 33.3 Å². The number of carbonyl (C=O) groups excluding carboxylic acids is 1. The average molecular weight is 463 g/mol. The lowest BCUT2D eigenvalue weighted by Gasteiger charge is -2.17. The zero-order valence-electron chi connectivity index (χ0n) is 15.9. The van der Waals surface area contributed by atoms with Gasteiger partial charge in [-0.25, -0.2) is 14.8 Å². The monoisotopic (exact) mass is 462 g/mol. The van der Waals surface area contributed by atoms with Crippen LogP contribution < -0.4 is 16.0 Å². The Morgan fingerprint density at radius 2 is 2.07 bits per heavy atom. The summed E-state index contributed by atoms with van der Waals surface area (Å²) in [6, 6.07) is 3.65. The van der Waals surface area contributed by atoms with Gasteiger partial charge >= 0.3 is 5.69 Å². The van der Waals surface area contributed by atoms with Crippen molar-refractivity contribution in [2.75, 3.05) is 13.1 Å². The van der Waals surface area contributed by atoms with Crippen LogP contribution in [0.2, 0.25) is 0 Å². The van der Waals surface area contributed by atoms with Crippen LogP contribution in [0.25, 0.3) is 11.2 Å². The number of ether oxygens (including phenoxy) is 1. The summed E-state index contributed by atoms with van der Waals surface area (Å²) in [5.41, 5.74) is -0.448. The molecular formula is C18H19BrN6O4. The number of hydrogen-bond donors (Lipinski definition) is 0. The van der Waals surface area contributed by atoms with Crippen LogP contribution in [0.3, 0.4) is 0 Å². The van der Waals surface area contributed by atoms with Gasteiger partial charge in [0.25, 0.3) is 5.56 Å². The van der Waals surface area contributed by atoms with E-state index in [1.165, 1.54) is 22.5 Å². The molecule has 1 fully saturated rings. The second-order valence-electron chi connectivity index (χ2n) is 6.91. The van der Waals surface area contributed by atoms with Crippen molar-refractivity contribution in [1.82, 2.24) is 28.6 Å². The summed E-state index contributed by atoms with van der Waals surface area (Å²) in [7, 11) is 2.95. The number of hydrogen-bond acceptors (Lipinski definition) is 6. The number of amides is 1. The second-order valence-corrected chi connectivity index (χ2v) is 7.76. The lowest BCUT2D eigenvalue weighted by molar-refractivity contribution is -0.131. The number of nitrogens with zero attached hydrogens (tertiary/aromatic N) is 6. The minimum absolute atomic E-state index is 0.0378. The zero-order valence-corrected chi connectivity index (χ0v) is 17.5. The van der Waals surface area contributed by atoms with E-state index >= 15 is 0 Å². The fourth-order valence-electron chi connectivity index (χ4n) is 3.43. The van der Waals surface area contributed by atoms with E-state index < -0.39 is 11.2 Å². The van der Waals surface area contributed by atoms with E-state index in [2.05, 4.69) is 25.9 Å². The molecule has 11 heteroatoms. The molecular weight excluding hydrogens is 444 g/mol. The van der Waals surface area contributed by atoms with Gasteiger partial charge in [0.2, 0.25) is 11.8 Å². The van der Waals surface area contributed by atoms with Gasteiger partial charge in [-0.15, -0.1) is 0 Å². The minimum atomic E-state index is -0.476. The Morgan fingerprint density at radius 3 is 2.83 bits per heavy atom. The maximum absolute atomic E-state index is 12.8. The molecule has 0 aromatic carbocycles. The van der Waals surface area contributed by atoms with Crippen LogP contribution in [-0.2, 0) is 25.4 Å². The first-order valence-electron chi connectivity index (χ1n) is 9.02. The summed E-state index contributed by atoms with van der Waals surface area (Å²) >= 11 is 3.40. The topological polar surface area (TPSA) is 104 Å². The third-order valence-corrected chi connectivity index (χ3v) is 5.63. The summed E-state index contributed by atoms with van der Waals surface area (Å²) in [5.74, 6) is 0.350. The number of carbonyl (C=O) groups is 1. The number of rotatable bonds is 4. The zero-order chi connectivity index (χ0) is 20.7. The number of aryl methyl sites for hydroxylation is 1. The predicted octanol–water partition coefficient (Wildman–Crippen LogP) is 0.271. The molecule has 1 aliphatic heterocycles. The lowest BCUT2D eigenvalue weighted by Crippen LogP contribution is -2.38. The van der Waals surface area contributed by atoms with Gasteiger partial charge in [-0.1, -0.05) is 0 Å². The van der Waals surface area contributed by atoms with Gasteiger partial charge in [-0.2, -0.15) is 0 Å². The van der Waals surface area contributed by atoms with Gasteiger partial charge in [0.1, 0.15) is 12.6 Å². The first kappa shape index (κ1) is 19.4. The summed E-state index contributed by atoms with van der Waals surface area (Å²) < 4.78 is 10.4. The number of pyridine rings is 1. The van der Waals surface area contributed by atoms with Crippen molar-refractivity contribution in [3.8, 4) is 5.88 Å². The minimum Gasteiger partial charge on any atom is -0.472 e. The van der Waals surface area contributed by atoms with Gasteiger partial charge in [0.05, 0.1) is 17.3 Å². The van der Waals surface area contributed by atoms with E-state index in [4.69, 9.17) is 4.74 Å². The molecule has 4 rings (SSSR count). The third kappa shape index (κ3) is 3.46. The first-order chi connectivity index (χ1) is 13.9. The summed E-state index contributed by atoms with van der Waals surface area (Å²) in [6.07, 6.45) is 3.60. The number of imidazole rings is 1. The van der Waals surface area contributed by atoms with Crippen LogP contribution in [0.15, 0.2) is 38.7 Å². The predicted molar refractivity (Wildman–Crippen MR) is 108 cm³/mol. The molecule has 0 bridgehead atoms. The fraction of sp³-hybridized carbons (Fsp3) is 0.389. The molecule has 1 saturated heterocycles. The Labute approximate surface area is 173 Å². The van der Waals surface area contributed by atoms with Gasteiger partial charge in [-0.05, 0) is 28.1 Å². The molecule has 3 aromatic heterocycles. The molecule has 0 radical (unpaired) electrons. The maximum atomic E-state index is 12.8. The molecule has 29 heavy (non-hydrogen) atoms. The Balaban J connectivity index is 1.50. The van der Waals surface area contributed by atoms with Crippen LogP contribution in [0.1, 0.15) is 6.42 Å². The van der Waals surface area contributed by atoms with E-state index in [1.54, 1.807) is 24.2 Å². The van der Waals surface area contributed by atoms with E-state index in [9.17, 15) is 14.4 Å². The quantitative estimate of drug-likeness (QED) is 0.551. The molecule has 0 N–H and O–H groups in total. The van der Waals surface area contributed by atoms with Crippen molar-refractivity contribution < 1.29 is 9.53 Å². The summed E-state index contributed by atoms with van der Waals surface area (Å²) in [4.78, 5) is 47.4. The second kappa shape index (κ2) is 7.47. The molecule has 3 aromatic rings. The van der Waals surface area contributed by atoms with Gasteiger partial charge in [0.15, 0.2) is 11.2 Å². The summed E-state index contributed by atoms with van der Waals surface area (Å²) in [6.45, 7) is 0.950.